The van der Waals surface area contributed by atoms with Gasteiger partial charge in [-0.15, -0.1) is 6.58 Å². The summed E-state index contributed by atoms with van der Waals surface area (Å²) in [5.41, 5.74) is 1.21. The predicted octanol–water partition coefficient (Wildman–Crippen LogP) is 4.63. The summed E-state index contributed by atoms with van der Waals surface area (Å²) in [5.74, 6) is 0. The van der Waals surface area contributed by atoms with Gasteiger partial charge >= 0.3 is 0 Å². The first-order valence-corrected chi connectivity index (χ1v) is 8.65. The highest BCUT2D eigenvalue weighted by molar-refractivity contribution is 5.43. The van der Waals surface area contributed by atoms with Crippen LogP contribution in [-0.4, -0.2) is 30.3 Å². The zero-order chi connectivity index (χ0) is 15.6. The fourth-order valence-corrected chi connectivity index (χ4v) is 3.04. The Labute approximate surface area is 135 Å². The molecule has 1 saturated heterocycles. The van der Waals surface area contributed by atoms with Gasteiger partial charge < -0.3 is 5.32 Å². The fraction of sp³-hybridized carbons (Fsp3) is 0.579. The second-order valence-electron chi connectivity index (χ2n) is 6.09. The molecule has 2 atom stereocenters. The number of hydrogen-bond donors (Lipinski definition) is 1. The van der Waals surface area contributed by atoms with Crippen LogP contribution < -0.4 is 5.32 Å². The van der Waals surface area contributed by atoms with Crippen molar-refractivity contribution in [2.45, 2.75) is 57.5 Å². The number of nitrogens with one attached hydrogen (secondary N) is 1. The average Bonchev–Trinajstić information content (AvgIpc) is 2.54. The minimum absolute atomic E-state index is 0.439. The number of para-hydroxylation sites is 1. The number of hydroxylamine groups is 2. The molecule has 0 aliphatic carbocycles. The monoisotopic (exact) mass is 302 g/mol. The van der Waals surface area contributed by atoms with Gasteiger partial charge in [0.1, 0.15) is 0 Å². The van der Waals surface area contributed by atoms with Crippen LogP contribution in [0.3, 0.4) is 0 Å². The maximum Gasteiger partial charge on any atom is 0.0685 e. The molecule has 1 aliphatic rings. The summed E-state index contributed by atoms with van der Waals surface area (Å²) in [6, 6.07) is 11.4. The molecule has 3 heteroatoms. The first kappa shape index (κ1) is 17.0. The fourth-order valence-electron chi connectivity index (χ4n) is 3.04. The van der Waals surface area contributed by atoms with Gasteiger partial charge in [-0.3, -0.25) is 4.84 Å². The van der Waals surface area contributed by atoms with Crippen LogP contribution in [0.4, 0.5) is 5.69 Å². The number of nitrogens with zero attached hydrogens (tertiary/aromatic N) is 1. The third-order valence-corrected chi connectivity index (χ3v) is 4.25. The summed E-state index contributed by atoms with van der Waals surface area (Å²) < 4.78 is 0. The van der Waals surface area contributed by atoms with Gasteiger partial charge in [0.25, 0.3) is 0 Å². The van der Waals surface area contributed by atoms with Crippen molar-refractivity contribution in [2.75, 3.05) is 18.5 Å². The maximum absolute atomic E-state index is 6.01. The molecule has 0 spiro atoms. The molecule has 3 nitrogen and oxygen atoms in total. The lowest BCUT2D eigenvalue weighted by Crippen LogP contribution is -2.46. The molecule has 0 amide bonds. The van der Waals surface area contributed by atoms with E-state index in [1.807, 2.05) is 6.08 Å². The molecule has 0 bridgehead atoms. The molecule has 1 aliphatic heterocycles. The van der Waals surface area contributed by atoms with Gasteiger partial charge in [-0.05, 0) is 37.8 Å². The van der Waals surface area contributed by atoms with Crippen LogP contribution in [0.15, 0.2) is 43.0 Å². The largest absolute Gasteiger partial charge is 0.382 e. The summed E-state index contributed by atoms with van der Waals surface area (Å²) in [6.07, 6.45) is 8.86. The van der Waals surface area contributed by atoms with E-state index in [9.17, 15) is 0 Å². The molecular weight excluding hydrogens is 272 g/mol. The number of unbranched alkanes of at least 4 members (excludes halogenated alkanes) is 2. The lowest BCUT2D eigenvalue weighted by atomic mass is 9.96. The molecule has 122 valence electrons. The summed E-state index contributed by atoms with van der Waals surface area (Å²) in [5, 5.41) is 5.84. The van der Waals surface area contributed by atoms with Crippen LogP contribution >= 0.6 is 0 Å². The Hall–Kier alpha value is -1.32. The Bertz CT molecular complexity index is 421. The molecule has 1 fully saturated rings. The van der Waals surface area contributed by atoms with E-state index in [1.54, 1.807) is 0 Å². The molecule has 1 aromatic rings. The van der Waals surface area contributed by atoms with Crippen LogP contribution in [0.5, 0.6) is 0 Å². The van der Waals surface area contributed by atoms with Gasteiger partial charge in [0.2, 0.25) is 0 Å². The molecule has 2 unspecified atom stereocenters. The molecular formula is C19H30N2O. The Morgan fingerprint density at radius 2 is 2.14 bits per heavy atom. The third-order valence-electron chi connectivity index (χ3n) is 4.25. The number of piperidine rings is 1. The second-order valence-corrected chi connectivity index (χ2v) is 6.09. The van der Waals surface area contributed by atoms with E-state index in [4.69, 9.17) is 4.84 Å². The normalized spacial score (nSPS) is 22.4. The Morgan fingerprint density at radius 3 is 2.86 bits per heavy atom. The average molecular weight is 302 g/mol. The van der Waals surface area contributed by atoms with Gasteiger partial charge in [0, 0.05) is 24.3 Å². The lowest BCUT2D eigenvalue weighted by molar-refractivity contribution is -0.199. The van der Waals surface area contributed by atoms with E-state index >= 15 is 0 Å². The van der Waals surface area contributed by atoms with Crippen molar-refractivity contribution in [1.82, 2.24) is 5.06 Å². The summed E-state index contributed by atoms with van der Waals surface area (Å²) in [4.78, 5) is 6.01. The maximum atomic E-state index is 6.01. The van der Waals surface area contributed by atoms with E-state index in [1.165, 1.54) is 18.5 Å². The molecule has 22 heavy (non-hydrogen) atoms. The first-order valence-electron chi connectivity index (χ1n) is 8.65. The molecule has 1 N–H and O–H groups in total. The SMILES string of the molecule is C=CCC1CC(Nc2ccccc2)CCN1OCCCCC. The van der Waals surface area contributed by atoms with Crippen molar-refractivity contribution >= 4 is 5.69 Å². The third kappa shape index (κ3) is 5.47. The highest BCUT2D eigenvalue weighted by atomic mass is 16.7. The van der Waals surface area contributed by atoms with Crippen LogP contribution in [-0.2, 0) is 4.84 Å². The number of rotatable bonds is 9. The van der Waals surface area contributed by atoms with Crippen LogP contribution in [0.25, 0.3) is 0 Å². The van der Waals surface area contributed by atoms with E-state index in [-0.39, 0.29) is 0 Å². The minimum Gasteiger partial charge on any atom is -0.382 e. The molecule has 0 saturated carbocycles. The standard InChI is InChI=1S/C19H30N2O/c1-3-5-9-15-22-21-14-13-18(16-19(21)10-4-2)20-17-11-7-6-8-12-17/h4,6-8,11-12,18-20H,2-3,5,9-10,13-16H2,1H3. The zero-order valence-corrected chi connectivity index (χ0v) is 13.8. The molecule has 1 heterocycles. The van der Waals surface area contributed by atoms with Crippen LogP contribution in [0.2, 0.25) is 0 Å². The Kier molecular flexibility index (Phi) is 7.47. The van der Waals surface area contributed by atoms with E-state index in [0.717, 1.165) is 38.8 Å². The van der Waals surface area contributed by atoms with Gasteiger partial charge in [-0.25, -0.2) is 0 Å². The molecule has 1 aromatic carbocycles. The number of benzene rings is 1. The highest BCUT2D eigenvalue weighted by Crippen LogP contribution is 2.24. The quantitative estimate of drug-likeness (QED) is 0.532. The molecule has 0 radical (unpaired) electrons. The van der Waals surface area contributed by atoms with Gasteiger partial charge in [-0.2, -0.15) is 5.06 Å². The zero-order valence-electron chi connectivity index (χ0n) is 13.8. The number of hydrogen-bond acceptors (Lipinski definition) is 3. The van der Waals surface area contributed by atoms with E-state index in [2.05, 4.69) is 54.2 Å². The summed E-state index contributed by atoms with van der Waals surface area (Å²) >= 11 is 0. The van der Waals surface area contributed by atoms with E-state index < -0.39 is 0 Å². The van der Waals surface area contributed by atoms with Crippen molar-refractivity contribution in [2.24, 2.45) is 0 Å². The van der Waals surface area contributed by atoms with Gasteiger partial charge in [-0.1, -0.05) is 44.0 Å². The van der Waals surface area contributed by atoms with E-state index in [0.29, 0.717) is 12.1 Å². The highest BCUT2D eigenvalue weighted by Gasteiger charge is 2.28. The smallest absolute Gasteiger partial charge is 0.0685 e. The predicted molar refractivity (Wildman–Crippen MR) is 93.9 cm³/mol. The Morgan fingerprint density at radius 1 is 1.32 bits per heavy atom. The van der Waals surface area contributed by atoms with Gasteiger partial charge in [0.15, 0.2) is 0 Å². The van der Waals surface area contributed by atoms with Gasteiger partial charge in [0.05, 0.1) is 6.61 Å². The first-order chi connectivity index (χ1) is 10.8. The van der Waals surface area contributed by atoms with Crippen molar-refractivity contribution in [3.63, 3.8) is 0 Å². The summed E-state index contributed by atoms with van der Waals surface area (Å²) in [6.45, 7) is 7.97. The van der Waals surface area contributed by atoms with Crippen molar-refractivity contribution < 1.29 is 4.84 Å². The summed E-state index contributed by atoms with van der Waals surface area (Å²) in [7, 11) is 0. The second kappa shape index (κ2) is 9.65. The Balaban J connectivity index is 1.82. The minimum atomic E-state index is 0.439. The van der Waals surface area contributed by atoms with Crippen molar-refractivity contribution in [3.8, 4) is 0 Å². The number of anilines is 1. The van der Waals surface area contributed by atoms with Crippen molar-refractivity contribution in [3.05, 3.63) is 43.0 Å². The molecule has 2 rings (SSSR count). The topological polar surface area (TPSA) is 24.5 Å². The molecule has 0 aromatic heterocycles. The van der Waals surface area contributed by atoms with Crippen molar-refractivity contribution in [1.29, 1.82) is 0 Å². The van der Waals surface area contributed by atoms with Crippen LogP contribution in [0.1, 0.15) is 45.4 Å². The lowest BCUT2D eigenvalue weighted by Gasteiger charge is -2.38. The van der Waals surface area contributed by atoms with Crippen LogP contribution in [0, 0.1) is 0 Å².